The first-order valence-electron chi connectivity index (χ1n) is 7.82. The highest BCUT2D eigenvalue weighted by Crippen LogP contribution is 2.31. The van der Waals surface area contributed by atoms with Gasteiger partial charge in [-0.3, -0.25) is 0 Å². The summed E-state index contributed by atoms with van der Waals surface area (Å²) in [6, 6.07) is 0. The summed E-state index contributed by atoms with van der Waals surface area (Å²) in [6.07, 6.45) is 9.74. The highest BCUT2D eigenvalue weighted by Gasteiger charge is 2.33. The topological polar surface area (TPSA) is 27.3 Å². The Morgan fingerprint density at radius 2 is 1.94 bits per heavy atom. The average Bonchev–Trinajstić information content (AvgIpc) is 2.41. The molecule has 2 N–H and O–H groups in total. The van der Waals surface area contributed by atoms with Gasteiger partial charge in [-0.1, -0.05) is 19.3 Å². The molecule has 18 heavy (non-hydrogen) atoms. The number of piperidine rings is 1. The van der Waals surface area contributed by atoms with Crippen LogP contribution < -0.4 is 10.6 Å². The van der Waals surface area contributed by atoms with E-state index in [0.29, 0.717) is 5.54 Å². The van der Waals surface area contributed by atoms with Gasteiger partial charge in [0, 0.05) is 12.1 Å². The highest BCUT2D eigenvalue weighted by molar-refractivity contribution is 4.92. The van der Waals surface area contributed by atoms with E-state index < -0.39 is 0 Å². The Bertz CT molecular complexity index is 228. The average molecular weight is 253 g/mol. The maximum atomic E-state index is 3.77. The van der Waals surface area contributed by atoms with E-state index >= 15 is 0 Å². The number of rotatable bonds is 5. The summed E-state index contributed by atoms with van der Waals surface area (Å²) in [4.78, 5) is 2.47. The van der Waals surface area contributed by atoms with Crippen LogP contribution in [0.15, 0.2) is 0 Å². The molecule has 1 saturated carbocycles. The van der Waals surface area contributed by atoms with E-state index in [2.05, 4.69) is 29.6 Å². The second-order valence-corrected chi connectivity index (χ2v) is 6.52. The summed E-state index contributed by atoms with van der Waals surface area (Å²) in [5.41, 5.74) is 0.431. The Balaban J connectivity index is 1.75. The summed E-state index contributed by atoms with van der Waals surface area (Å²) in [5.74, 6) is 0.849. The fraction of sp³-hybridized carbons (Fsp3) is 1.00. The van der Waals surface area contributed by atoms with Gasteiger partial charge in [-0.15, -0.1) is 0 Å². The highest BCUT2D eigenvalue weighted by atomic mass is 15.2. The molecule has 1 heterocycles. The summed E-state index contributed by atoms with van der Waals surface area (Å²) in [7, 11) is 4.52. The number of nitrogens with one attached hydrogen (secondary N) is 2. The van der Waals surface area contributed by atoms with Gasteiger partial charge in [0.15, 0.2) is 0 Å². The second-order valence-electron chi connectivity index (χ2n) is 6.52. The van der Waals surface area contributed by atoms with Crippen LogP contribution in [-0.2, 0) is 0 Å². The van der Waals surface area contributed by atoms with Crippen LogP contribution >= 0.6 is 0 Å². The predicted octanol–water partition coefficient (Wildman–Crippen LogP) is 1.84. The van der Waals surface area contributed by atoms with Crippen molar-refractivity contribution in [2.75, 3.05) is 40.3 Å². The van der Waals surface area contributed by atoms with Gasteiger partial charge in [-0.2, -0.15) is 0 Å². The smallest absolute Gasteiger partial charge is 0.0327 e. The van der Waals surface area contributed by atoms with Gasteiger partial charge in [0.05, 0.1) is 0 Å². The molecule has 0 radical (unpaired) electrons. The minimum absolute atomic E-state index is 0.431. The van der Waals surface area contributed by atoms with Crippen LogP contribution in [0.4, 0.5) is 0 Å². The molecule has 106 valence electrons. The minimum Gasteiger partial charge on any atom is -0.316 e. The third kappa shape index (κ3) is 3.69. The molecular weight excluding hydrogens is 222 g/mol. The molecule has 3 nitrogen and oxygen atoms in total. The molecule has 3 heteroatoms. The zero-order valence-corrected chi connectivity index (χ0v) is 12.3. The first kappa shape index (κ1) is 14.3. The minimum atomic E-state index is 0.431. The van der Waals surface area contributed by atoms with Crippen LogP contribution in [0.3, 0.4) is 0 Å². The van der Waals surface area contributed by atoms with Crippen LogP contribution in [0.1, 0.15) is 44.9 Å². The van der Waals surface area contributed by atoms with Crippen molar-refractivity contribution in [1.29, 1.82) is 0 Å². The molecule has 0 amide bonds. The molecule has 1 aliphatic carbocycles. The van der Waals surface area contributed by atoms with Crippen molar-refractivity contribution in [1.82, 2.24) is 15.5 Å². The number of hydrogen-bond acceptors (Lipinski definition) is 3. The molecule has 1 unspecified atom stereocenters. The van der Waals surface area contributed by atoms with E-state index in [0.717, 1.165) is 5.92 Å². The van der Waals surface area contributed by atoms with Crippen LogP contribution in [0.2, 0.25) is 0 Å². The van der Waals surface area contributed by atoms with Crippen molar-refractivity contribution in [3.05, 3.63) is 0 Å². The fourth-order valence-electron chi connectivity index (χ4n) is 3.60. The molecule has 0 bridgehead atoms. The molecule has 0 aromatic carbocycles. The van der Waals surface area contributed by atoms with Crippen LogP contribution in [0, 0.1) is 5.92 Å². The molecule has 2 fully saturated rings. The van der Waals surface area contributed by atoms with E-state index in [4.69, 9.17) is 0 Å². The van der Waals surface area contributed by atoms with Gasteiger partial charge in [0.25, 0.3) is 0 Å². The molecule has 2 aliphatic rings. The number of nitrogens with zero attached hydrogens (tertiary/aromatic N) is 1. The maximum absolute atomic E-state index is 3.77. The van der Waals surface area contributed by atoms with E-state index in [1.165, 1.54) is 71.1 Å². The van der Waals surface area contributed by atoms with Crippen molar-refractivity contribution in [3.63, 3.8) is 0 Å². The lowest BCUT2D eigenvalue weighted by molar-refractivity contribution is 0.0970. The van der Waals surface area contributed by atoms with Crippen molar-refractivity contribution < 1.29 is 0 Å². The Hall–Kier alpha value is -0.120. The Morgan fingerprint density at radius 1 is 1.17 bits per heavy atom. The largest absolute Gasteiger partial charge is 0.316 e. The van der Waals surface area contributed by atoms with E-state index in [-0.39, 0.29) is 0 Å². The normalized spacial score (nSPS) is 28.5. The molecule has 1 saturated heterocycles. The Labute approximate surface area is 113 Å². The van der Waals surface area contributed by atoms with Gasteiger partial charge in [0.2, 0.25) is 0 Å². The third-order valence-electron chi connectivity index (χ3n) is 5.02. The monoisotopic (exact) mass is 253 g/mol. The van der Waals surface area contributed by atoms with Crippen LogP contribution in [0.5, 0.6) is 0 Å². The maximum Gasteiger partial charge on any atom is 0.0327 e. The lowest BCUT2D eigenvalue weighted by Crippen LogP contribution is -2.53. The lowest BCUT2D eigenvalue weighted by atomic mass is 9.80. The lowest BCUT2D eigenvalue weighted by Gasteiger charge is -2.43. The molecule has 0 spiro atoms. The van der Waals surface area contributed by atoms with E-state index in [9.17, 15) is 0 Å². The first-order chi connectivity index (χ1) is 8.73. The second kappa shape index (κ2) is 6.88. The van der Waals surface area contributed by atoms with E-state index in [1.54, 1.807) is 0 Å². The summed E-state index contributed by atoms with van der Waals surface area (Å²) < 4.78 is 0. The predicted molar refractivity (Wildman–Crippen MR) is 78.0 cm³/mol. The standard InChI is InChI=1S/C15H31N3/c1-18(2)15(8-4-3-5-9-15)13-17-12-14-7-6-10-16-11-14/h14,16-17H,3-13H2,1-2H3. The summed E-state index contributed by atoms with van der Waals surface area (Å²) in [6.45, 7) is 4.80. The molecule has 1 atom stereocenters. The SMILES string of the molecule is CN(C)C1(CNCC2CCCNC2)CCCCC1. The third-order valence-corrected chi connectivity index (χ3v) is 5.02. The summed E-state index contributed by atoms with van der Waals surface area (Å²) in [5, 5.41) is 7.27. The van der Waals surface area contributed by atoms with Crippen molar-refractivity contribution in [2.24, 2.45) is 5.92 Å². The molecule has 1 aliphatic heterocycles. The fourth-order valence-corrected chi connectivity index (χ4v) is 3.60. The molecule has 0 aromatic rings. The van der Waals surface area contributed by atoms with Gasteiger partial charge < -0.3 is 15.5 Å². The van der Waals surface area contributed by atoms with Gasteiger partial charge in [0.1, 0.15) is 0 Å². The molecular formula is C15H31N3. The van der Waals surface area contributed by atoms with Crippen molar-refractivity contribution >= 4 is 0 Å². The van der Waals surface area contributed by atoms with Gasteiger partial charge >= 0.3 is 0 Å². The number of likely N-dealkylation sites (N-methyl/N-ethyl adjacent to an activating group) is 1. The van der Waals surface area contributed by atoms with Crippen molar-refractivity contribution in [2.45, 2.75) is 50.5 Å². The zero-order valence-electron chi connectivity index (χ0n) is 12.3. The molecule has 0 aromatic heterocycles. The van der Waals surface area contributed by atoms with E-state index in [1.807, 2.05) is 0 Å². The quantitative estimate of drug-likeness (QED) is 0.783. The molecule has 2 rings (SSSR count). The number of hydrogen-bond donors (Lipinski definition) is 2. The Morgan fingerprint density at radius 3 is 2.56 bits per heavy atom. The van der Waals surface area contributed by atoms with Crippen molar-refractivity contribution in [3.8, 4) is 0 Å². The van der Waals surface area contributed by atoms with Gasteiger partial charge in [-0.25, -0.2) is 0 Å². The summed E-state index contributed by atoms with van der Waals surface area (Å²) >= 11 is 0. The van der Waals surface area contributed by atoms with Crippen LogP contribution in [0.25, 0.3) is 0 Å². The Kier molecular flexibility index (Phi) is 5.46. The van der Waals surface area contributed by atoms with Crippen LogP contribution in [-0.4, -0.2) is 50.7 Å². The zero-order chi connectivity index (χ0) is 12.8. The first-order valence-corrected chi connectivity index (χ1v) is 7.82. The van der Waals surface area contributed by atoms with Gasteiger partial charge in [-0.05, 0) is 65.3 Å².